The SMILES string of the molecule is CC1CN(CC(=O)N2C(C)CCCC2C)CC(C)O1. The lowest BCUT2D eigenvalue weighted by atomic mass is 9.97. The average molecular weight is 268 g/mol. The minimum atomic E-state index is 0.229. The molecule has 2 fully saturated rings. The molecule has 4 atom stereocenters. The zero-order valence-electron chi connectivity index (χ0n) is 12.8. The first kappa shape index (κ1) is 14.8. The maximum atomic E-state index is 12.5. The van der Waals surface area contributed by atoms with Crippen LogP contribution in [0.2, 0.25) is 0 Å². The number of carbonyl (C=O) groups excluding carboxylic acids is 1. The third-order valence-corrected chi connectivity index (χ3v) is 4.34. The molecule has 2 saturated heterocycles. The van der Waals surface area contributed by atoms with Crippen molar-refractivity contribution in [2.24, 2.45) is 0 Å². The summed E-state index contributed by atoms with van der Waals surface area (Å²) in [4.78, 5) is 16.9. The van der Waals surface area contributed by atoms with Gasteiger partial charge in [-0.15, -0.1) is 0 Å². The van der Waals surface area contributed by atoms with Crippen LogP contribution < -0.4 is 0 Å². The topological polar surface area (TPSA) is 32.8 Å². The van der Waals surface area contributed by atoms with Crippen LogP contribution in [-0.4, -0.2) is 59.6 Å². The Balaban J connectivity index is 1.92. The van der Waals surface area contributed by atoms with Crippen molar-refractivity contribution in [2.75, 3.05) is 19.6 Å². The van der Waals surface area contributed by atoms with Gasteiger partial charge in [0.05, 0.1) is 18.8 Å². The van der Waals surface area contributed by atoms with E-state index < -0.39 is 0 Å². The molecule has 110 valence electrons. The molecular weight excluding hydrogens is 240 g/mol. The van der Waals surface area contributed by atoms with Crippen LogP contribution in [0, 0.1) is 0 Å². The number of morpholine rings is 1. The molecule has 1 amide bonds. The molecule has 2 heterocycles. The lowest BCUT2D eigenvalue weighted by molar-refractivity contribution is -0.141. The van der Waals surface area contributed by atoms with Gasteiger partial charge in [-0.05, 0) is 47.0 Å². The number of carbonyl (C=O) groups is 1. The first-order chi connectivity index (χ1) is 8.97. The Labute approximate surface area is 117 Å². The van der Waals surface area contributed by atoms with E-state index in [4.69, 9.17) is 4.74 Å². The molecule has 0 aromatic heterocycles. The number of hydrogen-bond donors (Lipinski definition) is 0. The molecule has 4 unspecified atom stereocenters. The summed E-state index contributed by atoms with van der Waals surface area (Å²) in [7, 11) is 0. The molecule has 4 heteroatoms. The van der Waals surface area contributed by atoms with Gasteiger partial charge in [0.1, 0.15) is 0 Å². The molecule has 0 saturated carbocycles. The highest BCUT2D eigenvalue weighted by Gasteiger charge is 2.31. The molecule has 4 nitrogen and oxygen atoms in total. The maximum absolute atomic E-state index is 12.5. The van der Waals surface area contributed by atoms with Crippen LogP contribution in [0.3, 0.4) is 0 Å². The Kier molecular flexibility index (Phi) is 4.85. The Hall–Kier alpha value is -0.610. The number of piperidine rings is 1. The molecule has 2 rings (SSSR count). The summed E-state index contributed by atoms with van der Waals surface area (Å²) < 4.78 is 5.72. The van der Waals surface area contributed by atoms with E-state index in [9.17, 15) is 4.79 Å². The molecule has 0 N–H and O–H groups in total. The predicted octanol–water partition coefficient (Wildman–Crippen LogP) is 1.89. The van der Waals surface area contributed by atoms with Gasteiger partial charge in [-0.25, -0.2) is 0 Å². The van der Waals surface area contributed by atoms with Crippen LogP contribution in [0.5, 0.6) is 0 Å². The summed E-state index contributed by atoms with van der Waals surface area (Å²) in [6, 6.07) is 0.791. The maximum Gasteiger partial charge on any atom is 0.237 e. The first-order valence-corrected chi connectivity index (χ1v) is 7.66. The second-order valence-corrected chi connectivity index (χ2v) is 6.38. The van der Waals surface area contributed by atoms with Crippen molar-refractivity contribution in [1.82, 2.24) is 9.80 Å². The quantitative estimate of drug-likeness (QED) is 0.766. The zero-order chi connectivity index (χ0) is 14.0. The summed E-state index contributed by atoms with van der Waals surface area (Å²) >= 11 is 0. The van der Waals surface area contributed by atoms with Crippen LogP contribution in [0.25, 0.3) is 0 Å². The van der Waals surface area contributed by atoms with E-state index in [-0.39, 0.29) is 12.2 Å². The van der Waals surface area contributed by atoms with Gasteiger partial charge in [0.25, 0.3) is 0 Å². The third kappa shape index (κ3) is 3.69. The molecular formula is C15H28N2O2. The summed E-state index contributed by atoms with van der Waals surface area (Å²) in [5, 5.41) is 0. The van der Waals surface area contributed by atoms with Crippen LogP contribution >= 0.6 is 0 Å². The second-order valence-electron chi connectivity index (χ2n) is 6.38. The normalized spacial score (nSPS) is 37.4. The van der Waals surface area contributed by atoms with E-state index >= 15 is 0 Å². The smallest absolute Gasteiger partial charge is 0.237 e. The second kappa shape index (κ2) is 6.23. The highest BCUT2D eigenvalue weighted by atomic mass is 16.5. The molecule has 19 heavy (non-hydrogen) atoms. The highest BCUT2D eigenvalue weighted by molar-refractivity contribution is 5.79. The van der Waals surface area contributed by atoms with Crippen molar-refractivity contribution in [2.45, 2.75) is 71.2 Å². The van der Waals surface area contributed by atoms with Gasteiger partial charge in [-0.2, -0.15) is 0 Å². The molecule has 0 spiro atoms. The van der Waals surface area contributed by atoms with E-state index in [0.29, 0.717) is 24.5 Å². The summed E-state index contributed by atoms with van der Waals surface area (Å²) in [6.45, 7) is 10.8. The molecule has 0 aromatic rings. The fraction of sp³-hybridized carbons (Fsp3) is 0.933. The average Bonchev–Trinajstić information content (AvgIpc) is 2.26. The van der Waals surface area contributed by atoms with Crippen molar-refractivity contribution in [3.05, 3.63) is 0 Å². The number of likely N-dealkylation sites (tertiary alicyclic amines) is 1. The Morgan fingerprint density at radius 3 is 2.11 bits per heavy atom. The van der Waals surface area contributed by atoms with Crippen molar-refractivity contribution < 1.29 is 9.53 Å². The van der Waals surface area contributed by atoms with Gasteiger partial charge in [0.2, 0.25) is 5.91 Å². The number of hydrogen-bond acceptors (Lipinski definition) is 3. The van der Waals surface area contributed by atoms with E-state index in [1.54, 1.807) is 0 Å². The molecule has 2 aliphatic heterocycles. The van der Waals surface area contributed by atoms with Crippen LogP contribution in [0.4, 0.5) is 0 Å². The molecule has 0 aromatic carbocycles. The van der Waals surface area contributed by atoms with Crippen LogP contribution in [-0.2, 0) is 9.53 Å². The minimum Gasteiger partial charge on any atom is -0.373 e. The van der Waals surface area contributed by atoms with Crippen molar-refractivity contribution in [3.8, 4) is 0 Å². The van der Waals surface area contributed by atoms with Crippen molar-refractivity contribution in [1.29, 1.82) is 0 Å². The minimum absolute atomic E-state index is 0.229. The number of ether oxygens (including phenoxy) is 1. The molecule has 2 aliphatic rings. The van der Waals surface area contributed by atoms with Gasteiger partial charge in [0, 0.05) is 25.2 Å². The summed E-state index contributed by atoms with van der Waals surface area (Å²) in [5.74, 6) is 0.293. The summed E-state index contributed by atoms with van der Waals surface area (Å²) in [6.07, 6.45) is 4.00. The van der Waals surface area contributed by atoms with Crippen LogP contribution in [0.1, 0.15) is 47.0 Å². The molecule has 0 radical (unpaired) electrons. The lowest BCUT2D eigenvalue weighted by Crippen LogP contribution is -2.54. The predicted molar refractivity (Wildman–Crippen MR) is 76.1 cm³/mol. The standard InChI is InChI=1S/C15H28N2O2/c1-11-6-5-7-12(2)17(11)15(18)10-16-8-13(3)19-14(4)9-16/h11-14H,5-10H2,1-4H3. The highest BCUT2D eigenvalue weighted by Crippen LogP contribution is 2.23. The Morgan fingerprint density at radius 1 is 1.05 bits per heavy atom. The fourth-order valence-electron chi connectivity index (χ4n) is 3.60. The van der Waals surface area contributed by atoms with E-state index in [1.807, 2.05) is 0 Å². The zero-order valence-corrected chi connectivity index (χ0v) is 12.8. The number of amides is 1. The van der Waals surface area contributed by atoms with Crippen LogP contribution in [0.15, 0.2) is 0 Å². The van der Waals surface area contributed by atoms with E-state index in [0.717, 1.165) is 25.9 Å². The lowest BCUT2D eigenvalue weighted by Gasteiger charge is -2.41. The van der Waals surface area contributed by atoms with E-state index in [2.05, 4.69) is 37.5 Å². The van der Waals surface area contributed by atoms with Gasteiger partial charge >= 0.3 is 0 Å². The first-order valence-electron chi connectivity index (χ1n) is 7.66. The van der Waals surface area contributed by atoms with Gasteiger partial charge in [-0.1, -0.05) is 0 Å². The molecule has 0 bridgehead atoms. The van der Waals surface area contributed by atoms with Crippen molar-refractivity contribution >= 4 is 5.91 Å². The monoisotopic (exact) mass is 268 g/mol. The van der Waals surface area contributed by atoms with Gasteiger partial charge in [-0.3, -0.25) is 9.69 Å². The third-order valence-electron chi connectivity index (χ3n) is 4.34. The Morgan fingerprint density at radius 2 is 1.58 bits per heavy atom. The fourth-order valence-corrected chi connectivity index (χ4v) is 3.60. The summed E-state index contributed by atoms with van der Waals surface area (Å²) in [5.41, 5.74) is 0. The Bertz CT molecular complexity index is 301. The van der Waals surface area contributed by atoms with Crippen molar-refractivity contribution in [3.63, 3.8) is 0 Å². The molecule has 0 aliphatic carbocycles. The largest absolute Gasteiger partial charge is 0.373 e. The number of rotatable bonds is 2. The van der Waals surface area contributed by atoms with Gasteiger partial charge in [0.15, 0.2) is 0 Å². The van der Waals surface area contributed by atoms with E-state index in [1.165, 1.54) is 6.42 Å². The number of nitrogens with zero attached hydrogens (tertiary/aromatic N) is 2. The van der Waals surface area contributed by atoms with Gasteiger partial charge < -0.3 is 9.64 Å².